The number of benzene rings is 1. The highest BCUT2D eigenvalue weighted by Crippen LogP contribution is 2.41. The molecule has 0 bridgehead atoms. The van der Waals surface area contributed by atoms with E-state index in [0.717, 1.165) is 11.0 Å². The summed E-state index contributed by atoms with van der Waals surface area (Å²) in [6.45, 7) is 5.18. The summed E-state index contributed by atoms with van der Waals surface area (Å²) in [7, 11) is 1.56. The number of rotatable bonds is 5. The Morgan fingerprint density at radius 1 is 1.42 bits per heavy atom. The number of anilines is 1. The molecule has 3 amide bonds. The summed E-state index contributed by atoms with van der Waals surface area (Å²) in [6, 6.07) is -0.422. The number of nitrogens with one attached hydrogen (secondary N) is 2. The van der Waals surface area contributed by atoms with Crippen molar-refractivity contribution in [2.24, 2.45) is 5.73 Å². The van der Waals surface area contributed by atoms with Crippen molar-refractivity contribution >= 4 is 23.4 Å². The van der Waals surface area contributed by atoms with E-state index in [2.05, 4.69) is 10.6 Å². The van der Waals surface area contributed by atoms with Gasteiger partial charge in [0.05, 0.1) is 18.8 Å². The number of likely N-dealkylation sites (tertiary alicyclic amines) is 1. The fourth-order valence-electron chi connectivity index (χ4n) is 3.64. The van der Waals surface area contributed by atoms with E-state index in [1.54, 1.807) is 7.05 Å². The Labute approximate surface area is 178 Å². The second-order valence-corrected chi connectivity index (χ2v) is 8.66. The Morgan fingerprint density at radius 3 is 2.68 bits per heavy atom. The second-order valence-electron chi connectivity index (χ2n) is 8.66. The molecule has 11 heteroatoms. The lowest BCUT2D eigenvalue weighted by Gasteiger charge is -2.34. The summed E-state index contributed by atoms with van der Waals surface area (Å²) < 4.78 is 39.1. The Balaban J connectivity index is 1.89. The molecule has 9 nitrogen and oxygen atoms in total. The van der Waals surface area contributed by atoms with Crippen LogP contribution in [0, 0.1) is 11.6 Å². The number of hydrogen-bond acceptors (Lipinski definition) is 6. The third-order valence-electron chi connectivity index (χ3n) is 5.24. The molecule has 2 heterocycles. The third kappa shape index (κ3) is 4.47. The maximum Gasteiger partial charge on any atom is 0.270 e. The highest BCUT2D eigenvalue weighted by molar-refractivity contribution is 6.03. The van der Waals surface area contributed by atoms with Crippen LogP contribution in [0.3, 0.4) is 0 Å². The highest BCUT2D eigenvalue weighted by atomic mass is 19.1. The molecule has 170 valence electrons. The number of nitrogens with zero attached hydrogens (tertiary/aromatic N) is 1. The van der Waals surface area contributed by atoms with Crippen LogP contribution in [-0.4, -0.2) is 66.1 Å². The van der Waals surface area contributed by atoms with E-state index in [9.17, 15) is 23.2 Å². The van der Waals surface area contributed by atoms with Crippen LogP contribution in [0.1, 0.15) is 27.2 Å². The molecule has 0 radical (unpaired) electrons. The van der Waals surface area contributed by atoms with Crippen molar-refractivity contribution in [3.8, 4) is 5.75 Å². The summed E-state index contributed by atoms with van der Waals surface area (Å²) in [4.78, 5) is 39.2. The van der Waals surface area contributed by atoms with Gasteiger partial charge in [-0.2, -0.15) is 0 Å². The number of primary amides is 1. The fraction of sp³-hybridized carbons (Fsp3) is 0.550. The zero-order chi connectivity index (χ0) is 23.1. The van der Waals surface area contributed by atoms with Crippen molar-refractivity contribution in [3.05, 3.63) is 23.8 Å². The standard InChI is InChI=1S/C20H26F2N4O5/c1-19(2,3)30-8-12(24-4)17(28)26-9-20(7-13(26)16(23)27)18(29)25-15-11(22)5-10(21)6-14(15)31-20/h5-6,12-13,24H,7-9H2,1-4H3,(H2,23,27)(H,25,29)/t12-,13-,20+/m0/s1. The lowest BCUT2D eigenvalue weighted by Crippen LogP contribution is -2.55. The first-order chi connectivity index (χ1) is 14.4. The molecule has 1 aromatic carbocycles. The lowest BCUT2D eigenvalue weighted by atomic mass is 9.96. The number of likely N-dealkylation sites (N-methyl/N-ethyl adjacent to an activating group) is 1. The maximum atomic E-state index is 14.0. The number of carbonyl (C=O) groups excluding carboxylic acids is 3. The van der Waals surface area contributed by atoms with Gasteiger partial charge in [0.15, 0.2) is 11.6 Å². The van der Waals surface area contributed by atoms with E-state index >= 15 is 0 Å². The number of fused-ring (bicyclic) bond motifs is 1. The van der Waals surface area contributed by atoms with Gasteiger partial charge in [0.2, 0.25) is 17.4 Å². The smallest absolute Gasteiger partial charge is 0.270 e. The molecule has 0 aromatic heterocycles. The molecule has 1 aromatic rings. The molecule has 1 spiro atoms. The van der Waals surface area contributed by atoms with Gasteiger partial charge in [0, 0.05) is 18.6 Å². The van der Waals surface area contributed by atoms with Crippen LogP contribution in [0.5, 0.6) is 5.75 Å². The Hall–Kier alpha value is -2.79. The normalized spacial score (nSPS) is 23.9. The molecule has 1 fully saturated rings. The highest BCUT2D eigenvalue weighted by Gasteiger charge is 2.57. The first-order valence-corrected chi connectivity index (χ1v) is 9.77. The van der Waals surface area contributed by atoms with Crippen LogP contribution < -0.4 is 21.1 Å². The SMILES string of the molecule is CN[C@@H](COC(C)(C)C)C(=O)N1C[C@@]2(C[C@H]1C(N)=O)Oc1cc(F)cc(F)c1NC2=O. The molecule has 2 aliphatic heterocycles. The summed E-state index contributed by atoms with van der Waals surface area (Å²) in [6.07, 6.45) is -0.256. The summed E-state index contributed by atoms with van der Waals surface area (Å²) in [5, 5.41) is 5.19. The molecule has 0 unspecified atom stereocenters. The van der Waals surface area contributed by atoms with E-state index < -0.39 is 52.6 Å². The lowest BCUT2D eigenvalue weighted by molar-refractivity contribution is -0.142. The molecule has 3 atom stereocenters. The molecular weight excluding hydrogens is 414 g/mol. The quantitative estimate of drug-likeness (QED) is 0.614. The molecule has 31 heavy (non-hydrogen) atoms. The van der Waals surface area contributed by atoms with Crippen LogP contribution in [0.15, 0.2) is 12.1 Å². The number of hydrogen-bond donors (Lipinski definition) is 3. The van der Waals surface area contributed by atoms with E-state index in [-0.39, 0.29) is 31.0 Å². The van der Waals surface area contributed by atoms with Crippen LogP contribution in [-0.2, 0) is 19.1 Å². The topological polar surface area (TPSA) is 123 Å². The Morgan fingerprint density at radius 2 is 2.10 bits per heavy atom. The van der Waals surface area contributed by atoms with Crippen molar-refractivity contribution in [1.82, 2.24) is 10.2 Å². The average Bonchev–Trinajstić information content (AvgIpc) is 3.03. The van der Waals surface area contributed by atoms with E-state index in [4.69, 9.17) is 15.2 Å². The van der Waals surface area contributed by atoms with Crippen LogP contribution in [0.25, 0.3) is 0 Å². The minimum absolute atomic E-state index is 0.0140. The largest absolute Gasteiger partial charge is 0.473 e. The average molecular weight is 440 g/mol. The molecular formula is C20H26F2N4O5. The number of nitrogens with two attached hydrogens (primary N) is 1. The number of halogens is 2. The van der Waals surface area contributed by atoms with Gasteiger partial charge < -0.3 is 30.7 Å². The first kappa shape index (κ1) is 22.9. The van der Waals surface area contributed by atoms with Gasteiger partial charge >= 0.3 is 0 Å². The number of carbonyl (C=O) groups is 3. The van der Waals surface area contributed by atoms with Crippen molar-refractivity contribution in [2.75, 3.05) is 25.5 Å². The predicted molar refractivity (Wildman–Crippen MR) is 106 cm³/mol. The fourth-order valence-corrected chi connectivity index (χ4v) is 3.64. The van der Waals surface area contributed by atoms with E-state index in [1.807, 2.05) is 20.8 Å². The summed E-state index contributed by atoms with van der Waals surface area (Å²) >= 11 is 0. The van der Waals surface area contributed by atoms with Gasteiger partial charge in [-0.25, -0.2) is 8.78 Å². The minimum Gasteiger partial charge on any atom is -0.473 e. The van der Waals surface area contributed by atoms with Crippen molar-refractivity contribution in [1.29, 1.82) is 0 Å². The monoisotopic (exact) mass is 440 g/mol. The van der Waals surface area contributed by atoms with Crippen LogP contribution >= 0.6 is 0 Å². The Bertz CT molecular complexity index is 920. The number of ether oxygens (including phenoxy) is 2. The maximum absolute atomic E-state index is 14.0. The van der Waals surface area contributed by atoms with E-state index in [0.29, 0.717) is 6.07 Å². The summed E-state index contributed by atoms with van der Waals surface area (Å²) in [5.74, 6) is -4.21. The van der Waals surface area contributed by atoms with Gasteiger partial charge in [-0.05, 0) is 27.8 Å². The van der Waals surface area contributed by atoms with Gasteiger partial charge in [0.1, 0.15) is 23.6 Å². The molecule has 4 N–H and O–H groups in total. The van der Waals surface area contributed by atoms with Crippen molar-refractivity contribution in [3.63, 3.8) is 0 Å². The van der Waals surface area contributed by atoms with Gasteiger partial charge in [-0.15, -0.1) is 0 Å². The first-order valence-electron chi connectivity index (χ1n) is 9.77. The molecule has 2 aliphatic rings. The van der Waals surface area contributed by atoms with Crippen LogP contribution in [0.4, 0.5) is 14.5 Å². The van der Waals surface area contributed by atoms with Crippen LogP contribution in [0.2, 0.25) is 0 Å². The van der Waals surface area contributed by atoms with Gasteiger partial charge in [0.25, 0.3) is 5.91 Å². The molecule has 3 rings (SSSR count). The third-order valence-corrected chi connectivity index (χ3v) is 5.24. The van der Waals surface area contributed by atoms with Crippen molar-refractivity contribution in [2.45, 2.75) is 50.5 Å². The predicted octanol–water partition coefficient (Wildman–Crippen LogP) is 0.524. The number of amides is 3. The zero-order valence-corrected chi connectivity index (χ0v) is 17.8. The molecule has 1 saturated heterocycles. The van der Waals surface area contributed by atoms with Gasteiger partial charge in [-0.1, -0.05) is 0 Å². The van der Waals surface area contributed by atoms with E-state index in [1.165, 1.54) is 0 Å². The molecule has 0 aliphatic carbocycles. The van der Waals surface area contributed by atoms with Gasteiger partial charge in [-0.3, -0.25) is 14.4 Å². The Kier molecular flexibility index (Phi) is 5.94. The molecule has 0 saturated carbocycles. The second kappa shape index (κ2) is 8.04. The van der Waals surface area contributed by atoms with Crippen molar-refractivity contribution < 1.29 is 32.6 Å². The summed E-state index contributed by atoms with van der Waals surface area (Å²) in [5.41, 5.74) is 2.97. The minimum atomic E-state index is -1.72. The zero-order valence-electron chi connectivity index (χ0n) is 17.8.